The van der Waals surface area contributed by atoms with Gasteiger partial charge in [-0.05, 0) is 30.4 Å². The summed E-state index contributed by atoms with van der Waals surface area (Å²) in [6, 6.07) is 5.96. The molecule has 0 bridgehead atoms. The molecular formula is C15H26N2O2S2. The van der Waals surface area contributed by atoms with Crippen molar-refractivity contribution in [3.8, 4) is 0 Å². The molecule has 0 aliphatic carbocycles. The molecule has 1 rings (SSSR count). The molecule has 0 aliphatic rings. The van der Waals surface area contributed by atoms with Crippen LogP contribution < -0.4 is 10.0 Å². The first kappa shape index (κ1) is 18.5. The van der Waals surface area contributed by atoms with Crippen LogP contribution in [0.2, 0.25) is 0 Å². The molecule has 0 spiro atoms. The fourth-order valence-corrected chi connectivity index (χ4v) is 3.53. The largest absolute Gasteiger partial charge is 0.310 e. The highest BCUT2D eigenvalue weighted by molar-refractivity contribution is 7.99. The summed E-state index contributed by atoms with van der Waals surface area (Å²) in [4.78, 5) is 0.374. The summed E-state index contributed by atoms with van der Waals surface area (Å²) < 4.78 is 27.5. The van der Waals surface area contributed by atoms with Crippen molar-refractivity contribution < 1.29 is 8.42 Å². The Balaban J connectivity index is 2.91. The van der Waals surface area contributed by atoms with Gasteiger partial charge in [0.2, 0.25) is 10.0 Å². The maximum atomic E-state index is 12.4. The van der Waals surface area contributed by atoms with Crippen molar-refractivity contribution in [2.24, 2.45) is 0 Å². The van der Waals surface area contributed by atoms with Crippen molar-refractivity contribution in [3.05, 3.63) is 29.3 Å². The first-order valence-electron chi connectivity index (χ1n) is 7.11. The molecule has 4 nitrogen and oxygen atoms in total. The van der Waals surface area contributed by atoms with E-state index in [1.807, 2.05) is 32.2 Å². The SMILES string of the molecule is CSC(C)CNS(=O)(=O)c1cc(CNC(C)C)ccc1C. The number of hydrogen-bond acceptors (Lipinski definition) is 4. The Hall–Kier alpha value is -0.560. The molecule has 0 heterocycles. The van der Waals surface area contributed by atoms with E-state index in [1.165, 1.54) is 0 Å². The van der Waals surface area contributed by atoms with E-state index in [1.54, 1.807) is 17.8 Å². The van der Waals surface area contributed by atoms with Crippen molar-refractivity contribution in [1.29, 1.82) is 0 Å². The maximum Gasteiger partial charge on any atom is 0.240 e. The molecule has 2 N–H and O–H groups in total. The molecule has 21 heavy (non-hydrogen) atoms. The highest BCUT2D eigenvalue weighted by Crippen LogP contribution is 2.17. The fraction of sp³-hybridized carbons (Fsp3) is 0.600. The Bertz CT molecular complexity index is 557. The van der Waals surface area contributed by atoms with Crippen LogP contribution in [0.4, 0.5) is 0 Å². The van der Waals surface area contributed by atoms with E-state index in [2.05, 4.69) is 23.9 Å². The lowest BCUT2D eigenvalue weighted by Gasteiger charge is -2.14. The smallest absolute Gasteiger partial charge is 0.240 e. The van der Waals surface area contributed by atoms with Crippen LogP contribution in [-0.4, -0.2) is 32.5 Å². The van der Waals surface area contributed by atoms with E-state index in [-0.39, 0.29) is 5.25 Å². The summed E-state index contributed by atoms with van der Waals surface area (Å²) in [5.74, 6) is 0. The number of sulfonamides is 1. The van der Waals surface area contributed by atoms with Crippen LogP contribution in [0.15, 0.2) is 23.1 Å². The quantitative estimate of drug-likeness (QED) is 0.769. The lowest BCUT2D eigenvalue weighted by atomic mass is 10.1. The van der Waals surface area contributed by atoms with Gasteiger partial charge in [-0.25, -0.2) is 13.1 Å². The van der Waals surface area contributed by atoms with Gasteiger partial charge in [-0.1, -0.05) is 32.9 Å². The molecule has 1 atom stereocenters. The van der Waals surface area contributed by atoms with E-state index in [9.17, 15) is 8.42 Å². The second kappa shape index (κ2) is 8.17. The third-order valence-corrected chi connectivity index (χ3v) is 5.76. The minimum Gasteiger partial charge on any atom is -0.310 e. The van der Waals surface area contributed by atoms with Crippen LogP contribution in [-0.2, 0) is 16.6 Å². The second-order valence-electron chi connectivity index (χ2n) is 5.53. The number of rotatable bonds is 8. The summed E-state index contributed by atoms with van der Waals surface area (Å²) in [6.07, 6.45) is 1.97. The van der Waals surface area contributed by atoms with Crippen LogP contribution in [0.1, 0.15) is 31.9 Å². The molecule has 0 fully saturated rings. The van der Waals surface area contributed by atoms with Crippen LogP contribution in [0.25, 0.3) is 0 Å². The average molecular weight is 331 g/mol. The summed E-state index contributed by atoms with van der Waals surface area (Å²) >= 11 is 1.64. The fourth-order valence-electron chi connectivity index (χ4n) is 1.75. The standard InChI is InChI=1S/C15H26N2O2S2/c1-11(2)16-10-14-7-6-12(3)15(8-14)21(18,19)17-9-13(4)20-5/h6-8,11,13,16-17H,9-10H2,1-5H3. The normalized spacial score (nSPS) is 13.6. The first-order valence-corrected chi connectivity index (χ1v) is 9.88. The molecule has 6 heteroatoms. The molecule has 0 saturated heterocycles. The van der Waals surface area contributed by atoms with Gasteiger partial charge < -0.3 is 5.32 Å². The highest BCUT2D eigenvalue weighted by atomic mass is 32.2. The van der Waals surface area contributed by atoms with E-state index in [0.717, 1.165) is 11.1 Å². The highest BCUT2D eigenvalue weighted by Gasteiger charge is 2.18. The zero-order chi connectivity index (χ0) is 16.0. The van der Waals surface area contributed by atoms with Crippen LogP contribution in [0.3, 0.4) is 0 Å². The van der Waals surface area contributed by atoms with Crippen molar-refractivity contribution in [2.75, 3.05) is 12.8 Å². The number of aryl methyl sites for hydroxylation is 1. The van der Waals surface area contributed by atoms with Crippen molar-refractivity contribution >= 4 is 21.8 Å². The number of benzene rings is 1. The van der Waals surface area contributed by atoms with Gasteiger partial charge >= 0.3 is 0 Å². The molecule has 0 aromatic heterocycles. The van der Waals surface area contributed by atoms with Gasteiger partial charge in [0.15, 0.2) is 0 Å². The lowest BCUT2D eigenvalue weighted by molar-refractivity contribution is 0.578. The zero-order valence-corrected chi connectivity index (χ0v) is 15.1. The molecule has 0 amide bonds. The van der Waals surface area contributed by atoms with E-state index < -0.39 is 10.0 Å². The van der Waals surface area contributed by atoms with Gasteiger partial charge in [0.05, 0.1) is 4.90 Å². The summed E-state index contributed by atoms with van der Waals surface area (Å²) in [5.41, 5.74) is 1.75. The first-order chi connectivity index (χ1) is 9.76. The monoisotopic (exact) mass is 330 g/mol. The minimum atomic E-state index is -3.45. The van der Waals surface area contributed by atoms with Crippen LogP contribution >= 0.6 is 11.8 Å². The topological polar surface area (TPSA) is 58.2 Å². The lowest BCUT2D eigenvalue weighted by Crippen LogP contribution is -2.30. The van der Waals surface area contributed by atoms with Gasteiger partial charge in [-0.2, -0.15) is 11.8 Å². The number of hydrogen-bond donors (Lipinski definition) is 2. The zero-order valence-electron chi connectivity index (χ0n) is 13.4. The third kappa shape index (κ3) is 5.98. The molecule has 0 aliphatic heterocycles. The van der Waals surface area contributed by atoms with E-state index >= 15 is 0 Å². The molecule has 1 unspecified atom stereocenters. The van der Waals surface area contributed by atoms with Crippen molar-refractivity contribution in [3.63, 3.8) is 0 Å². The van der Waals surface area contributed by atoms with Crippen LogP contribution in [0, 0.1) is 6.92 Å². The molecule has 0 saturated carbocycles. The van der Waals surface area contributed by atoms with Gasteiger partial charge in [-0.3, -0.25) is 0 Å². The Kier molecular flexibility index (Phi) is 7.20. The minimum absolute atomic E-state index is 0.255. The molecule has 0 radical (unpaired) electrons. The maximum absolute atomic E-state index is 12.4. The Morgan fingerprint density at radius 1 is 1.24 bits per heavy atom. The summed E-state index contributed by atoms with van der Waals surface area (Å²) in [6.45, 7) is 9.07. The molecule has 1 aromatic rings. The summed E-state index contributed by atoms with van der Waals surface area (Å²) in [7, 11) is -3.45. The van der Waals surface area contributed by atoms with Gasteiger partial charge in [0, 0.05) is 24.4 Å². The van der Waals surface area contributed by atoms with E-state index in [4.69, 9.17) is 0 Å². The second-order valence-corrected chi connectivity index (χ2v) is 8.55. The number of nitrogens with one attached hydrogen (secondary N) is 2. The molecular weight excluding hydrogens is 304 g/mol. The Morgan fingerprint density at radius 3 is 2.48 bits per heavy atom. The van der Waals surface area contributed by atoms with Crippen molar-refractivity contribution in [1.82, 2.24) is 10.0 Å². The van der Waals surface area contributed by atoms with Crippen LogP contribution in [0.5, 0.6) is 0 Å². The Morgan fingerprint density at radius 2 is 1.90 bits per heavy atom. The summed E-state index contributed by atoms with van der Waals surface area (Å²) in [5, 5.41) is 3.56. The molecule has 120 valence electrons. The van der Waals surface area contributed by atoms with Crippen molar-refractivity contribution in [2.45, 2.75) is 50.4 Å². The number of thioether (sulfide) groups is 1. The Labute approximate surface area is 133 Å². The predicted molar refractivity (Wildman–Crippen MR) is 91.3 cm³/mol. The molecule has 1 aromatic carbocycles. The van der Waals surface area contributed by atoms with E-state index in [0.29, 0.717) is 24.0 Å². The van der Waals surface area contributed by atoms with Gasteiger partial charge in [-0.15, -0.1) is 0 Å². The van der Waals surface area contributed by atoms with Gasteiger partial charge in [0.25, 0.3) is 0 Å². The third-order valence-electron chi connectivity index (χ3n) is 3.22. The van der Waals surface area contributed by atoms with Gasteiger partial charge in [0.1, 0.15) is 0 Å². The predicted octanol–water partition coefficient (Wildman–Crippen LogP) is 2.52. The average Bonchev–Trinajstić information content (AvgIpc) is 2.43.